The summed E-state index contributed by atoms with van der Waals surface area (Å²) in [6, 6.07) is 13.6. The highest BCUT2D eigenvalue weighted by atomic mass is 35.5. The number of halogens is 3. The molecular weight excluding hydrogens is 577 g/mol. The number of aromatic nitrogens is 2. The zero-order valence-electron chi connectivity index (χ0n) is 22.2. The van der Waals surface area contributed by atoms with E-state index >= 15 is 4.39 Å². The topological polar surface area (TPSA) is 75.4 Å². The summed E-state index contributed by atoms with van der Waals surface area (Å²) in [7, 11) is 1.20. The fraction of sp³-hybridized carbons (Fsp3) is 0.276. The van der Waals surface area contributed by atoms with E-state index in [0.29, 0.717) is 54.0 Å². The minimum atomic E-state index is -1.34. The molecule has 2 N–H and O–H groups in total. The van der Waals surface area contributed by atoms with Gasteiger partial charge in [0.2, 0.25) is 0 Å². The Balaban J connectivity index is 1.90. The van der Waals surface area contributed by atoms with Gasteiger partial charge in [-0.2, -0.15) is 0 Å². The van der Waals surface area contributed by atoms with Crippen LogP contribution in [-0.4, -0.2) is 30.2 Å². The lowest BCUT2D eigenvalue weighted by atomic mass is 9.83. The summed E-state index contributed by atoms with van der Waals surface area (Å²) < 4.78 is 29.8. The van der Waals surface area contributed by atoms with Gasteiger partial charge in [0.25, 0.3) is 0 Å². The molecule has 1 heterocycles. The predicted molar refractivity (Wildman–Crippen MR) is 160 cm³/mol. The number of imidazole rings is 1. The highest BCUT2D eigenvalue weighted by molar-refractivity contribution is 7.84. The Bertz CT molecular complexity index is 1580. The maximum atomic E-state index is 15.9. The number of aliphatic hydroxyl groups is 2. The van der Waals surface area contributed by atoms with Gasteiger partial charge >= 0.3 is 0 Å². The Morgan fingerprint density at radius 2 is 1.69 bits per heavy atom. The van der Waals surface area contributed by atoms with Crippen molar-refractivity contribution in [2.75, 3.05) is 6.26 Å². The van der Waals surface area contributed by atoms with Gasteiger partial charge in [-0.3, -0.25) is 8.78 Å². The molecule has 4 rings (SSSR count). The van der Waals surface area contributed by atoms with E-state index in [1.807, 2.05) is 13.8 Å². The fourth-order valence-electron chi connectivity index (χ4n) is 4.65. The van der Waals surface area contributed by atoms with Crippen LogP contribution in [0.2, 0.25) is 10.0 Å². The first kappa shape index (κ1) is 29.9. The lowest BCUT2D eigenvalue weighted by Gasteiger charge is -2.28. The van der Waals surface area contributed by atoms with Crippen LogP contribution in [0.5, 0.6) is 0 Å². The number of benzene rings is 3. The highest BCUT2D eigenvalue weighted by Gasteiger charge is 2.35. The Kier molecular flexibility index (Phi) is 8.45. The van der Waals surface area contributed by atoms with Crippen molar-refractivity contribution in [1.82, 2.24) is 9.55 Å². The van der Waals surface area contributed by atoms with E-state index < -0.39 is 27.6 Å². The Morgan fingerprint density at radius 1 is 1.05 bits per heavy atom. The van der Waals surface area contributed by atoms with Gasteiger partial charge in [-0.1, -0.05) is 35.3 Å². The summed E-state index contributed by atoms with van der Waals surface area (Å²) in [5.41, 5.74) is 0.893. The summed E-state index contributed by atoms with van der Waals surface area (Å²) in [6.07, 6.45) is 3.16. The van der Waals surface area contributed by atoms with Crippen LogP contribution in [0.4, 0.5) is 4.39 Å². The number of aliphatic hydroxyl groups excluding tert-OH is 1. The van der Waals surface area contributed by atoms with Crippen LogP contribution in [0, 0.1) is 5.82 Å². The third kappa shape index (κ3) is 5.72. The standard InChI is InChI=1S/C29H30Cl2FN2O3PS/c1-28(2,26-19(30)7-6-8-20(26)31)27-33-25(29(3,4)36)14-34(27)22-10-9-16(11-21(22)32)17-12-23(38)18(15-35)24(13-17)39(5)37/h6-14,35-36H,15,38H2,1-5H3. The monoisotopic (exact) mass is 606 g/mol. The maximum Gasteiger partial charge on any atom is 0.147 e. The van der Waals surface area contributed by atoms with Gasteiger partial charge < -0.3 is 10.2 Å². The van der Waals surface area contributed by atoms with Crippen molar-refractivity contribution in [3.63, 3.8) is 0 Å². The zero-order valence-corrected chi connectivity index (χ0v) is 25.7. The van der Waals surface area contributed by atoms with E-state index in [1.54, 1.807) is 73.3 Å². The minimum Gasteiger partial charge on any atom is -0.392 e. The molecule has 4 aromatic rings. The van der Waals surface area contributed by atoms with Crippen molar-refractivity contribution in [1.29, 1.82) is 0 Å². The summed E-state index contributed by atoms with van der Waals surface area (Å²) in [6.45, 7) is 6.78. The van der Waals surface area contributed by atoms with Crippen molar-refractivity contribution in [3.05, 3.63) is 93.2 Å². The molecular formula is C29H30Cl2FN2O3PS. The lowest BCUT2D eigenvalue weighted by Crippen LogP contribution is -2.25. The van der Waals surface area contributed by atoms with Crippen LogP contribution < -0.4 is 5.30 Å². The molecule has 0 aliphatic rings. The molecule has 206 valence electrons. The van der Waals surface area contributed by atoms with Gasteiger partial charge in [-0.05, 0) is 80.5 Å². The molecule has 0 fully saturated rings. The first-order valence-corrected chi connectivity index (χ1v) is 15.0. The maximum absolute atomic E-state index is 15.9. The molecule has 10 heteroatoms. The van der Waals surface area contributed by atoms with Gasteiger partial charge in [0.15, 0.2) is 0 Å². The minimum absolute atomic E-state index is 0.227. The summed E-state index contributed by atoms with van der Waals surface area (Å²) in [5.74, 6) is -0.0744. The second-order valence-corrected chi connectivity index (χ2v) is 13.2. The Labute approximate surface area is 242 Å². The van der Waals surface area contributed by atoms with Crippen molar-refractivity contribution < 1.29 is 18.8 Å². The van der Waals surface area contributed by atoms with E-state index in [9.17, 15) is 14.4 Å². The van der Waals surface area contributed by atoms with Gasteiger partial charge in [-0.25, -0.2) is 9.37 Å². The molecule has 39 heavy (non-hydrogen) atoms. The molecule has 0 aliphatic carbocycles. The first-order chi connectivity index (χ1) is 18.2. The smallest absolute Gasteiger partial charge is 0.147 e. The number of nitrogens with zero attached hydrogens (tertiary/aromatic N) is 2. The van der Waals surface area contributed by atoms with Crippen LogP contribution >= 0.6 is 32.4 Å². The van der Waals surface area contributed by atoms with Crippen LogP contribution in [0.15, 0.2) is 59.6 Å². The van der Waals surface area contributed by atoms with Gasteiger partial charge in [0, 0.05) is 38.5 Å². The predicted octanol–water partition coefficient (Wildman–Crippen LogP) is 6.27. The molecule has 2 atom stereocenters. The van der Waals surface area contributed by atoms with Crippen molar-refractivity contribution in [3.8, 4) is 16.8 Å². The Hall–Kier alpha value is -2.12. The zero-order chi connectivity index (χ0) is 28.9. The third-order valence-corrected chi connectivity index (χ3v) is 8.86. The van der Waals surface area contributed by atoms with Crippen molar-refractivity contribution >= 4 is 48.5 Å². The van der Waals surface area contributed by atoms with E-state index in [4.69, 9.17) is 28.2 Å². The summed E-state index contributed by atoms with van der Waals surface area (Å²) >= 11 is 13.1. The van der Waals surface area contributed by atoms with Crippen LogP contribution in [0.1, 0.15) is 50.3 Å². The lowest BCUT2D eigenvalue weighted by molar-refractivity contribution is 0.0740. The molecule has 0 bridgehead atoms. The molecule has 0 saturated carbocycles. The SMILES string of the molecule is CS(=O)c1cc(-c2ccc(-n3cc(C(C)(C)O)nc3C(C)(C)c3c(Cl)cccc3Cl)c(F)c2)cc(P)c1CO. The average molecular weight is 608 g/mol. The molecule has 3 aromatic carbocycles. The summed E-state index contributed by atoms with van der Waals surface area (Å²) in [4.78, 5) is 5.24. The number of hydrogen-bond donors (Lipinski definition) is 2. The van der Waals surface area contributed by atoms with E-state index in [1.165, 1.54) is 6.07 Å². The van der Waals surface area contributed by atoms with Gasteiger partial charge in [0.1, 0.15) is 17.2 Å². The molecule has 5 nitrogen and oxygen atoms in total. The van der Waals surface area contributed by atoms with Crippen LogP contribution in [0.3, 0.4) is 0 Å². The molecule has 0 saturated heterocycles. The Morgan fingerprint density at radius 3 is 2.23 bits per heavy atom. The second kappa shape index (κ2) is 11.0. The molecule has 0 aliphatic heterocycles. The number of hydrogen-bond acceptors (Lipinski definition) is 4. The largest absolute Gasteiger partial charge is 0.392 e. The normalized spacial score (nSPS) is 13.1. The van der Waals surface area contributed by atoms with Crippen molar-refractivity contribution in [2.45, 2.75) is 50.2 Å². The van der Waals surface area contributed by atoms with Crippen LogP contribution in [0.25, 0.3) is 16.8 Å². The summed E-state index contributed by atoms with van der Waals surface area (Å²) in [5, 5.41) is 22.1. The fourth-order valence-corrected chi connectivity index (χ4v) is 6.87. The first-order valence-electron chi connectivity index (χ1n) is 12.1. The van der Waals surface area contributed by atoms with E-state index in [2.05, 4.69) is 9.24 Å². The number of rotatable bonds is 7. The van der Waals surface area contributed by atoms with Crippen LogP contribution in [-0.2, 0) is 28.4 Å². The quantitative estimate of drug-likeness (QED) is 0.243. The molecule has 2 unspecified atom stereocenters. The van der Waals surface area contributed by atoms with Gasteiger partial charge in [0.05, 0.1) is 34.2 Å². The average Bonchev–Trinajstić information content (AvgIpc) is 3.30. The van der Waals surface area contributed by atoms with Gasteiger partial charge in [-0.15, -0.1) is 9.24 Å². The second-order valence-electron chi connectivity index (χ2n) is 10.4. The molecule has 0 spiro atoms. The highest BCUT2D eigenvalue weighted by Crippen LogP contribution is 2.41. The molecule has 0 radical (unpaired) electrons. The third-order valence-electron chi connectivity index (χ3n) is 6.73. The van der Waals surface area contributed by atoms with Crippen molar-refractivity contribution in [2.24, 2.45) is 0 Å². The molecule has 0 amide bonds. The van der Waals surface area contributed by atoms with E-state index in [-0.39, 0.29) is 12.3 Å². The molecule has 1 aromatic heterocycles. The van der Waals surface area contributed by atoms with E-state index in [0.717, 1.165) is 0 Å².